The fourth-order valence-electron chi connectivity index (χ4n) is 1.69. The van der Waals surface area contributed by atoms with Gasteiger partial charge < -0.3 is 14.2 Å². The van der Waals surface area contributed by atoms with E-state index in [0.717, 1.165) is 6.42 Å². The Kier molecular flexibility index (Phi) is 3.72. The van der Waals surface area contributed by atoms with Crippen molar-refractivity contribution in [2.75, 3.05) is 20.3 Å². The van der Waals surface area contributed by atoms with Crippen LogP contribution in [0.5, 0.6) is 0 Å². The van der Waals surface area contributed by atoms with Crippen LogP contribution in [0.3, 0.4) is 0 Å². The second-order valence-electron chi connectivity index (χ2n) is 3.67. The first-order valence-corrected chi connectivity index (χ1v) is 5.18. The van der Waals surface area contributed by atoms with Gasteiger partial charge in [0.05, 0.1) is 13.2 Å². The highest BCUT2D eigenvalue weighted by molar-refractivity contribution is 5.15. The van der Waals surface area contributed by atoms with Gasteiger partial charge in [-0.05, 0) is 5.56 Å². The third-order valence-electron chi connectivity index (χ3n) is 2.41. The standard InChI is InChI=1S/C12H16O3/c1-13-8-11-9-14-12(15-11)7-10-5-3-2-4-6-10/h2-6,11-12H,7-9H2,1H3. The minimum atomic E-state index is -0.118. The van der Waals surface area contributed by atoms with Gasteiger partial charge in [0.15, 0.2) is 6.29 Å². The molecule has 1 aromatic carbocycles. The quantitative estimate of drug-likeness (QED) is 0.752. The molecule has 1 aliphatic rings. The molecule has 1 fully saturated rings. The number of benzene rings is 1. The molecule has 82 valence electrons. The molecule has 2 atom stereocenters. The van der Waals surface area contributed by atoms with Crippen molar-refractivity contribution in [3.8, 4) is 0 Å². The Balaban J connectivity index is 1.82. The largest absolute Gasteiger partial charge is 0.382 e. The van der Waals surface area contributed by atoms with E-state index in [1.807, 2.05) is 18.2 Å². The molecule has 2 rings (SSSR count). The van der Waals surface area contributed by atoms with Gasteiger partial charge in [-0.2, -0.15) is 0 Å². The van der Waals surface area contributed by atoms with Crippen molar-refractivity contribution in [1.82, 2.24) is 0 Å². The lowest BCUT2D eigenvalue weighted by atomic mass is 10.1. The lowest BCUT2D eigenvalue weighted by molar-refractivity contribution is -0.0662. The summed E-state index contributed by atoms with van der Waals surface area (Å²) in [5, 5.41) is 0. The minimum Gasteiger partial charge on any atom is -0.382 e. The third kappa shape index (κ3) is 3.02. The fraction of sp³-hybridized carbons (Fsp3) is 0.500. The first kappa shape index (κ1) is 10.6. The summed E-state index contributed by atoms with van der Waals surface area (Å²) < 4.78 is 16.2. The number of rotatable bonds is 4. The maximum atomic E-state index is 5.66. The molecule has 1 aliphatic heterocycles. The van der Waals surface area contributed by atoms with Crippen molar-refractivity contribution >= 4 is 0 Å². The van der Waals surface area contributed by atoms with Crippen LogP contribution in [-0.2, 0) is 20.6 Å². The second kappa shape index (κ2) is 5.26. The van der Waals surface area contributed by atoms with Crippen molar-refractivity contribution in [3.63, 3.8) is 0 Å². The van der Waals surface area contributed by atoms with Crippen LogP contribution >= 0.6 is 0 Å². The summed E-state index contributed by atoms with van der Waals surface area (Å²) in [5.74, 6) is 0. The van der Waals surface area contributed by atoms with Crippen molar-refractivity contribution < 1.29 is 14.2 Å². The zero-order chi connectivity index (χ0) is 10.5. The Bertz CT molecular complexity index is 286. The molecule has 0 radical (unpaired) electrons. The van der Waals surface area contributed by atoms with Crippen molar-refractivity contribution in [2.24, 2.45) is 0 Å². The average molecular weight is 208 g/mol. The van der Waals surface area contributed by atoms with Gasteiger partial charge in [0.1, 0.15) is 6.10 Å². The molecule has 15 heavy (non-hydrogen) atoms. The van der Waals surface area contributed by atoms with Crippen LogP contribution in [0.15, 0.2) is 30.3 Å². The highest BCUT2D eigenvalue weighted by Gasteiger charge is 2.25. The zero-order valence-electron chi connectivity index (χ0n) is 8.89. The van der Waals surface area contributed by atoms with Gasteiger partial charge in [0, 0.05) is 13.5 Å². The molecular formula is C12H16O3. The van der Waals surface area contributed by atoms with E-state index in [-0.39, 0.29) is 12.4 Å². The summed E-state index contributed by atoms with van der Waals surface area (Å²) >= 11 is 0. The van der Waals surface area contributed by atoms with Gasteiger partial charge in [-0.25, -0.2) is 0 Å². The molecule has 2 unspecified atom stereocenters. The van der Waals surface area contributed by atoms with Crippen LogP contribution in [0.2, 0.25) is 0 Å². The second-order valence-corrected chi connectivity index (χ2v) is 3.67. The molecule has 1 heterocycles. The monoisotopic (exact) mass is 208 g/mol. The predicted octanol–water partition coefficient (Wildman–Crippen LogP) is 1.62. The van der Waals surface area contributed by atoms with Crippen LogP contribution in [0, 0.1) is 0 Å². The lowest BCUT2D eigenvalue weighted by Crippen LogP contribution is -2.18. The normalized spacial score (nSPS) is 25.7. The number of methoxy groups -OCH3 is 1. The molecule has 1 aromatic rings. The van der Waals surface area contributed by atoms with Crippen molar-refractivity contribution in [3.05, 3.63) is 35.9 Å². The first-order chi connectivity index (χ1) is 7.38. The minimum absolute atomic E-state index is 0.0868. The van der Waals surface area contributed by atoms with Crippen LogP contribution in [0.1, 0.15) is 5.56 Å². The summed E-state index contributed by atoms with van der Waals surface area (Å²) in [6.07, 6.45) is 0.775. The maximum absolute atomic E-state index is 5.66. The molecule has 3 heteroatoms. The van der Waals surface area contributed by atoms with E-state index in [1.54, 1.807) is 7.11 Å². The van der Waals surface area contributed by atoms with Crippen LogP contribution < -0.4 is 0 Å². The zero-order valence-corrected chi connectivity index (χ0v) is 8.89. The SMILES string of the molecule is COCC1COC(Cc2ccccc2)O1. The molecular weight excluding hydrogens is 192 g/mol. The maximum Gasteiger partial charge on any atom is 0.162 e. The average Bonchev–Trinajstić information content (AvgIpc) is 2.68. The Hall–Kier alpha value is -0.900. The van der Waals surface area contributed by atoms with Crippen molar-refractivity contribution in [1.29, 1.82) is 0 Å². The molecule has 0 N–H and O–H groups in total. The van der Waals surface area contributed by atoms with Crippen LogP contribution in [-0.4, -0.2) is 32.7 Å². The van der Waals surface area contributed by atoms with E-state index in [0.29, 0.717) is 13.2 Å². The lowest BCUT2D eigenvalue weighted by Gasteiger charge is -2.10. The molecule has 0 aromatic heterocycles. The first-order valence-electron chi connectivity index (χ1n) is 5.18. The number of hydrogen-bond donors (Lipinski definition) is 0. The Morgan fingerprint density at radius 2 is 2.13 bits per heavy atom. The van der Waals surface area contributed by atoms with Gasteiger partial charge in [-0.1, -0.05) is 30.3 Å². The highest BCUT2D eigenvalue weighted by atomic mass is 16.7. The third-order valence-corrected chi connectivity index (χ3v) is 2.41. The Labute approximate surface area is 90.0 Å². The fourth-order valence-corrected chi connectivity index (χ4v) is 1.69. The molecule has 3 nitrogen and oxygen atoms in total. The molecule has 0 saturated carbocycles. The van der Waals surface area contributed by atoms with Gasteiger partial charge in [0.2, 0.25) is 0 Å². The Morgan fingerprint density at radius 3 is 2.87 bits per heavy atom. The Morgan fingerprint density at radius 1 is 1.33 bits per heavy atom. The van der Waals surface area contributed by atoms with Gasteiger partial charge in [0.25, 0.3) is 0 Å². The van der Waals surface area contributed by atoms with E-state index in [2.05, 4.69) is 12.1 Å². The van der Waals surface area contributed by atoms with Gasteiger partial charge in [-0.3, -0.25) is 0 Å². The summed E-state index contributed by atoms with van der Waals surface area (Å²) in [7, 11) is 1.67. The molecule has 1 saturated heterocycles. The molecule has 0 amide bonds. The molecule has 0 spiro atoms. The van der Waals surface area contributed by atoms with E-state index in [1.165, 1.54) is 5.56 Å². The van der Waals surface area contributed by atoms with Crippen LogP contribution in [0.4, 0.5) is 0 Å². The molecule has 0 aliphatic carbocycles. The van der Waals surface area contributed by atoms with Gasteiger partial charge in [-0.15, -0.1) is 0 Å². The smallest absolute Gasteiger partial charge is 0.162 e. The summed E-state index contributed by atoms with van der Waals surface area (Å²) in [6, 6.07) is 10.2. The van der Waals surface area contributed by atoms with E-state index >= 15 is 0 Å². The summed E-state index contributed by atoms with van der Waals surface area (Å²) in [6.45, 7) is 1.23. The molecule has 0 bridgehead atoms. The summed E-state index contributed by atoms with van der Waals surface area (Å²) in [4.78, 5) is 0. The summed E-state index contributed by atoms with van der Waals surface area (Å²) in [5.41, 5.74) is 1.24. The van der Waals surface area contributed by atoms with Crippen LogP contribution in [0.25, 0.3) is 0 Å². The topological polar surface area (TPSA) is 27.7 Å². The number of ether oxygens (including phenoxy) is 3. The van der Waals surface area contributed by atoms with Crippen molar-refractivity contribution in [2.45, 2.75) is 18.8 Å². The van der Waals surface area contributed by atoms with E-state index < -0.39 is 0 Å². The van der Waals surface area contributed by atoms with E-state index in [9.17, 15) is 0 Å². The predicted molar refractivity (Wildman–Crippen MR) is 56.6 cm³/mol. The highest BCUT2D eigenvalue weighted by Crippen LogP contribution is 2.16. The number of hydrogen-bond acceptors (Lipinski definition) is 3. The van der Waals surface area contributed by atoms with Gasteiger partial charge >= 0.3 is 0 Å². The van der Waals surface area contributed by atoms with E-state index in [4.69, 9.17) is 14.2 Å².